The van der Waals surface area contributed by atoms with E-state index >= 15 is 0 Å². The minimum Gasteiger partial charge on any atom is -0.491 e. The van der Waals surface area contributed by atoms with Gasteiger partial charge in [-0.25, -0.2) is 4.98 Å². The molecule has 0 aliphatic rings. The number of aromatic nitrogens is 1. The summed E-state index contributed by atoms with van der Waals surface area (Å²) in [6, 6.07) is -0.0162. The van der Waals surface area contributed by atoms with Crippen molar-refractivity contribution in [3.8, 4) is 11.5 Å². The summed E-state index contributed by atoms with van der Waals surface area (Å²) in [6.45, 7) is 0. The zero-order valence-electron chi connectivity index (χ0n) is 10.2. The summed E-state index contributed by atoms with van der Waals surface area (Å²) in [4.78, 5) is 13.5. The Kier molecular flexibility index (Phi) is 4.54. The summed E-state index contributed by atoms with van der Waals surface area (Å²) in [5.41, 5.74) is -2.56. The monoisotopic (exact) mass is 319 g/mol. The molecule has 5 nitrogen and oxygen atoms in total. The molecular formula is C10H7F6NO4. The highest BCUT2D eigenvalue weighted by Gasteiger charge is 2.38. The fraction of sp³-hybridized carbons (Fsp3) is 0.400. The summed E-state index contributed by atoms with van der Waals surface area (Å²) >= 11 is 0. The van der Waals surface area contributed by atoms with Gasteiger partial charge in [-0.2, -0.15) is 13.2 Å². The number of carboxylic acids is 1. The number of halogens is 6. The van der Waals surface area contributed by atoms with Gasteiger partial charge in [-0.3, -0.25) is 4.79 Å². The molecule has 0 aliphatic heterocycles. The minimum absolute atomic E-state index is 0.0162. The van der Waals surface area contributed by atoms with Crippen LogP contribution in [0.1, 0.15) is 11.4 Å². The molecule has 0 amide bonds. The number of rotatable bonds is 4. The van der Waals surface area contributed by atoms with Crippen LogP contribution >= 0.6 is 0 Å². The molecule has 118 valence electrons. The molecule has 0 spiro atoms. The first-order valence-corrected chi connectivity index (χ1v) is 5.06. The Morgan fingerprint density at radius 3 is 2.24 bits per heavy atom. The van der Waals surface area contributed by atoms with Gasteiger partial charge < -0.3 is 14.6 Å². The van der Waals surface area contributed by atoms with E-state index in [0.717, 1.165) is 7.11 Å². The lowest BCUT2D eigenvalue weighted by atomic mass is 10.2. The number of carboxylic acid groups (broad SMARTS) is 1. The molecule has 0 saturated carbocycles. The van der Waals surface area contributed by atoms with E-state index in [4.69, 9.17) is 5.11 Å². The largest absolute Gasteiger partial charge is 0.573 e. The minimum atomic E-state index is -5.28. The van der Waals surface area contributed by atoms with Crippen molar-refractivity contribution in [2.24, 2.45) is 0 Å². The van der Waals surface area contributed by atoms with E-state index in [1.54, 1.807) is 0 Å². The molecule has 1 aromatic rings. The first-order valence-electron chi connectivity index (χ1n) is 5.06. The molecule has 0 saturated heterocycles. The van der Waals surface area contributed by atoms with Gasteiger partial charge in [-0.1, -0.05) is 0 Å². The molecule has 21 heavy (non-hydrogen) atoms. The zero-order chi connectivity index (χ0) is 16.4. The second-order valence-electron chi connectivity index (χ2n) is 3.60. The Labute approximate surface area is 113 Å². The van der Waals surface area contributed by atoms with Crippen LogP contribution in [-0.4, -0.2) is 29.5 Å². The lowest BCUT2D eigenvalue weighted by Crippen LogP contribution is -2.20. The van der Waals surface area contributed by atoms with Crippen LogP contribution in [0.5, 0.6) is 11.5 Å². The van der Waals surface area contributed by atoms with Crippen LogP contribution in [0.3, 0.4) is 0 Å². The van der Waals surface area contributed by atoms with Crippen LogP contribution in [0.2, 0.25) is 0 Å². The molecule has 0 radical (unpaired) electrons. The van der Waals surface area contributed by atoms with Gasteiger partial charge in [0, 0.05) is 6.07 Å². The topological polar surface area (TPSA) is 68.7 Å². The van der Waals surface area contributed by atoms with Gasteiger partial charge in [0.15, 0.2) is 11.5 Å². The Morgan fingerprint density at radius 1 is 1.29 bits per heavy atom. The standard InChI is InChI=1S/C10H7F6NO4/c1-20-8-4(2-7(18)19)17-6(9(11,12)13)3-5(8)21-10(14,15)16/h3H,2H2,1H3,(H,18,19). The molecule has 1 aromatic heterocycles. The van der Waals surface area contributed by atoms with Crippen molar-refractivity contribution in [3.05, 3.63) is 17.5 Å². The number of hydrogen-bond acceptors (Lipinski definition) is 4. The van der Waals surface area contributed by atoms with Gasteiger partial charge in [-0.15, -0.1) is 13.2 Å². The van der Waals surface area contributed by atoms with E-state index in [0.29, 0.717) is 0 Å². The molecule has 1 N–H and O–H groups in total. The third kappa shape index (κ3) is 4.68. The number of alkyl halides is 6. The quantitative estimate of drug-likeness (QED) is 0.864. The average Bonchev–Trinajstić information content (AvgIpc) is 2.24. The summed E-state index contributed by atoms with van der Waals surface area (Å²) in [6.07, 6.45) is -11.4. The Hall–Kier alpha value is -2.20. The van der Waals surface area contributed by atoms with E-state index in [-0.39, 0.29) is 6.07 Å². The van der Waals surface area contributed by atoms with Crippen LogP contribution in [-0.2, 0) is 17.4 Å². The van der Waals surface area contributed by atoms with Crippen LogP contribution in [0.25, 0.3) is 0 Å². The number of pyridine rings is 1. The number of hydrogen-bond donors (Lipinski definition) is 1. The second-order valence-corrected chi connectivity index (χ2v) is 3.60. The Bertz CT molecular complexity index is 540. The van der Waals surface area contributed by atoms with Gasteiger partial charge >= 0.3 is 18.5 Å². The van der Waals surface area contributed by atoms with Crippen molar-refractivity contribution in [2.45, 2.75) is 19.0 Å². The highest BCUT2D eigenvalue weighted by atomic mass is 19.4. The molecule has 0 aliphatic carbocycles. The predicted molar refractivity (Wildman–Crippen MR) is 53.8 cm³/mol. The Balaban J connectivity index is 3.47. The predicted octanol–water partition coefficient (Wildman–Crippen LogP) is 2.63. The van der Waals surface area contributed by atoms with Crippen LogP contribution in [0, 0.1) is 0 Å². The SMILES string of the molecule is COc1c(OC(F)(F)F)cc(C(F)(F)F)nc1CC(=O)O. The lowest BCUT2D eigenvalue weighted by molar-refractivity contribution is -0.275. The number of aliphatic carboxylic acids is 1. The van der Waals surface area contributed by atoms with Crippen LogP contribution in [0.15, 0.2) is 6.07 Å². The smallest absolute Gasteiger partial charge is 0.491 e. The summed E-state index contributed by atoms with van der Waals surface area (Å²) < 4.78 is 82.1. The first kappa shape index (κ1) is 16.9. The molecule has 0 aromatic carbocycles. The summed E-state index contributed by atoms with van der Waals surface area (Å²) in [5, 5.41) is 8.56. The van der Waals surface area contributed by atoms with Gasteiger partial charge in [0.2, 0.25) is 0 Å². The fourth-order valence-electron chi connectivity index (χ4n) is 1.39. The van der Waals surface area contributed by atoms with Crippen molar-refractivity contribution in [1.29, 1.82) is 0 Å². The molecule has 11 heteroatoms. The molecule has 0 bridgehead atoms. The summed E-state index contributed by atoms with van der Waals surface area (Å²) in [7, 11) is 0.846. The van der Waals surface area contributed by atoms with Crippen molar-refractivity contribution in [1.82, 2.24) is 4.98 Å². The third-order valence-electron chi connectivity index (χ3n) is 2.05. The van der Waals surface area contributed by atoms with E-state index in [9.17, 15) is 31.1 Å². The molecule has 1 heterocycles. The van der Waals surface area contributed by atoms with Crippen LogP contribution < -0.4 is 9.47 Å². The second kappa shape index (κ2) is 5.66. The van der Waals surface area contributed by atoms with E-state index in [2.05, 4.69) is 14.5 Å². The van der Waals surface area contributed by atoms with Crippen molar-refractivity contribution in [2.75, 3.05) is 7.11 Å². The van der Waals surface area contributed by atoms with Crippen molar-refractivity contribution >= 4 is 5.97 Å². The number of carbonyl (C=O) groups is 1. The number of methoxy groups -OCH3 is 1. The van der Waals surface area contributed by atoms with Gasteiger partial charge in [0.05, 0.1) is 19.2 Å². The van der Waals surface area contributed by atoms with Gasteiger partial charge in [0.1, 0.15) is 5.69 Å². The molecule has 0 unspecified atom stereocenters. The zero-order valence-corrected chi connectivity index (χ0v) is 10.2. The fourth-order valence-corrected chi connectivity index (χ4v) is 1.39. The van der Waals surface area contributed by atoms with Crippen molar-refractivity contribution < 1.29 is 45.7 Å². The molecule has 0 fully saturated rings. The van der Waals surface area contributed by atoms with E-state index in [1.807, 2.05) is 0 Å². The van der Waals surface area contributed by atoms with E-state index in [1.165, 1.54) is 0 Å². The lowest BCUT2D eigenvalue weighted by Gasteiger charge is -2.17. The third-order valence-corrected chi connectivity index (χ3v) is 2.05. The average molecular weight is 319 g/mol. The number of nitrogens with zero attached hydrogens (tertiary/aromatic N) is 1. The van der Waals surface area contributed by atoms with Gasteiger partial charge in [-0.05, 0) is 0 Å². The maximum Gasteiger partial charge on any atom is 0.573 e. The maximum absolute atomic E-state index is 12.6. The van der Waals surface area contributed by atoms with Gasteiger partial charge in [0.25, 0.3) is 0 Å². The Morgan fingerprint density at radius 2 is 1.86 bits per heavy atom. The highest BCUT2D eigenvalue weighted by Crippen LogP contribution is 2.39. The van der Waals surface area contributed by atoms with E-state index < -0.39 is 47.8 Å². The first-order chi connectivity index (χ1) is 9.44. The number of ether oxygens (including phenoxy) is 2. The van der Waals surface area contributed by atoms with Crippen LogP contribution in [0.4, 0.5) is 26.3 Å². The molecule has 0 atom stereocenters. The summed E-state index contributed by atoms with van der Waals surface area (Å²) in [5.74, 6) is -3.75. The molecule has 1 rings (SSSR count). The highest BCUT2D eigenvalue weighted by molar-refractivity contribution is 5.71. The molecular weight excluding hydrogens is 312 g/mol. The maximum atomic E-state index is 12.6. The normalized spacial score (nSPS) is 12.1. The van der Waals surface area contributed by atoms with Crippen molar-refractivity contribution in [3.63, 3.8) is 0 Å².